The first-order valence-corrected chi connectivity index (χ1v) is 11.1. The van der Waals surface area contributed by atoms with E-state index in [1.165, 1.54) is 6.07 Å². The van der Waals surface area contributed by atoms with Crippen molar-refractivity contribution in [1.82, 2.24) is 4.31 Å². The summed E-state index contributed by atoms with van der Waals surface area (Å²) in [6, 6.07) is 7.57. The van der Waals surface area contributed by atoms with Crippen molar-refractivity contribution in [1.29, 1.82) is 0 Å². The average molecular weight is 476 g/mol. The van der Waals surface area contributed by atoms with Gasteiger partial charge >= 0.3 is 5.97 Å². The number of nitrogens with zero attached hydrogens (tertiary/aromatic N) is 1. The number of fused-ring (bicyclic) bond motifs is 1. The summed E-state index contributed by atoms with van der Waals surface area (Å²) < 4.78 is 42.8. The molecule has 2 aromatic rings. The van der Waals surface area contributed by atoms with E-state index in [0.29, 0.717) is 24.7 Å². The molecule has 1 heterocycles. The van der Waals surface area contributed by atoms with Gasteiger partial charge in [0.15, 0.2) is 17.2 Å². The van der Waals surface area contributed by atoms with E-state index in [1.807, 2.05) is 0 Å². The highest BCUT2D eigenvalue weighted by atomic mass is 35.5. The standard InChI is InChI=1S/C19H19Cl2NO7S/c1-27-18(23)11-22(30(25,26)17-10-13(20)9-14(21)19(17)24)5-4-12-2-3-15-16(8-12)29-7-6-28-15/h2-3,8-10,24H,4-7,11H2,1H3. The van der Waals surface area contributed by atoms with Gasteiger partial charge in [0.2, 0.25) is 10.0 Å². The Morgan fingerprint density at radius 3 is 2.57 bits per heavy atom. The minimum absolute atomic E-state index is 0.0289. The summed E-state index contributed by atoms with van der Waals surface area (Å²) in [5, 5.41) is 9.98. The predicted octanol–water partition coefficient (Wildman–Crippen LogP) is 2.88. The molecule has 0 atom stereocenters. The number of benzene rings is 2. The van der Waals surface area contributed by atoms with Crippen LogP contribution in [0.5, 0.6) is 17.2 Å². The number of rotatable bonds is 7. The smallest absolute Gasteiger partial charge is 0.321 e. The number of hydrogen-bond donors (Lipinski definition) is 1. The second kappa shape index (κ2) is 9.30. The van der Waals surface area contributed by atoms with E-state index in [1.54, 1.807) is 18.2 Å². The van der Waals surface area contributed by atoms with E-state index < -0.39 is 33.2 Å². The highest BCUT2D eigenvalue weighted by molar-refractivity contribution is 7.89. The molecule has 0 spiro atoms. The minimum Gasteiger partial charge on any atom is -0.505 e. The lowest BCUT2D eigenvalue weighted by molar-refractivity contribution is -0.140. The number of halogens is 2. The van der Waals surface area contributed by atoms with Crippen LogP contribution in [0.1, 0.15) is 5.56 Å². The molecule has 0 saturated carbocycles. The second-order valence-electron chi connectivity index (χ2n) is 6.38. The van der Waals surface area contributed by atoms with Gasteiger partial charge in [-0.3, -0.25) is 4.79 Å². The monoisotopic (exact) mass is 475 g/mol. The highest BCUT2D eigenvalue weighted by Crippen LogP contribution is 2.36. The molecule has 0 saturated heterocycles. The molecule has 0 aromatic heterocycles. The second-order valence-corrected chi connectivity index (χ2v) is 9.13. The summed E-state index contributed by atoms with van der Waals surface area (Å²) in [7, 11) is -3.16. The van der Waals surface area contributed by atoms with Crippen molar-refractivity contribution >= 4 is 39.2 Å². The molecular weight excluding hydrogens is 457 g/mol. The first-order valence-electron chi connectivity index (χ1n) is 8.86. The number of phenols is 1. The molecule has 1 N–H and O–H groups in total. The maximum Gasteiger partial charge on any atom is 0.321 e. The Morgan fingerprint density at radius 1 is 1.17 bits per heavy atom. The summed E-state index contributed by atoms with van der Waals surface area (Å²) in [6.07, 6.45) is 0.266. The fourth-order valence-corrected chi connectivity index (χ4v) is 5.00. The largest absolute Gasteiger partial charge is 0.505 e. The first kappa shape index (κ1) is 22.5. The molecule has 162 valence electrons. The van der Waals surface area contributed by atoms with Crippen molar-refractivity contribution in [2.45, 2.75) is 11.3 Å². The molecule has 0 amide bonds. The van der Waals surface area contributed by atoms with E-state index in [2.05, 4.69) is 4.74 Å². The third-order valence-electron chi connectivity index (χ3n) is 4.40. The maximum absolute atomic E-state index is 13.2. The van der Waals surface area contributed by atoms with Crippen molar-refractivity contribution < 1.29 is 32.5 Å². The van der Waals surface area contributed by atoms with Crippen LogP contribution in [0, 0.1) is 0 Å². The third kappa shape index (κ3) is 4.92. The van der Waals surface area contributed by atoms with Crippen LogP contribution in [-0.4, -0.2) is 57.2 Å². The number of aromatic hydroxyl groups is 1. The normalized spacial score (nSPS) is 13.3. The lowest BCUT2D eigenvalue weighted by Gasteiger charge is -2.23. The molecule has 3 rings (SSSR count). The first-order chi connectivity index (χ1) is 14.2. The van der Waals surface area contributed by atoms with Crippen LogP contribution in [0.3, 0.4) is 0 Å². The predicted molar refractivity (Wildman–Crippen MR) is 110 cm³/mol. The Kier molecular flexibility index (Phi) is 6.97. The van der Waals surface area contributed by atoms with Crippen molar-refractivity contribution in [3.63, 3.8) is 0 Å². The Morgan fingerprint density at radius 2 is 1.87 bits per heavy atom. The lowest BCUT2D eigenvalue weighted by Crippen LogP contribution is -2.37. The number of carbonyl (C=O) groups is 1. The van der Waals surface area contributed by atoms with E-state index in [-0.39, 0.29) is 23.0 Å². The quantitative estimate of drug-likeness (QED) is 0.614. The molecule has 0 fully saturated rings. The zero-order valence-electron chi connectivity index (χ0n) is 15.9. The fourth-order valence-electron chi connectivity index (χ4n) is 2.87. The van der Waals surface area contributed by atoms with Gasteiger partial charge in [0.05, 0.1) is 12.1 Å². The lowest BCUT2D eigenvalue weighted by atomic mass is 10.1. The number of esters is 1. The van der Waals surface area contributed by atoms with E-state index in [0.717, 1.165) is 23.0 Å². The van der Waals surface area contributed by atoms with Crippen LogP contribution in [0.2, 0.25) is 10.0 Å². The minimum atomic E-state index is -4.31. The number of hydrogen-bond acceptors (Lipinski definition) is 7. The number of carbonyl (C=O) groups excluding carboxylic acids is 1. The summed E-state index contributed by atoms with van der Waals surface area (Å²) in [5.41, 5.74) is 0.776. The zero-order chi connectivity index (χ0) is 21.9. The van der Waals surface area contributed by atoms with Gasteiger partial charge in [0.1, 0.15) is 24.7 Å². The molecule has 0 aliphatic carbocycles. The van der Waals surface area contributed by atoms with E-state index in [4.69, 9.17) is 32.7 Å². The van der Waals surface area contributed by atoms with Gasteiger partial charge in [0, 0.05) is 11.6 Å². The Hall–Kier alpha value is -2.20. The summed E-state index contributed by atoms with van der Waals surface area (Å²) in [5.74, 6) is -0.216. The van der Waals surface area contributed by atoms with Gasteiger partial charge < -0.3 is 19.3 Å². The van der Waals surface area contributed by atoms with Crippen molar-refractivity contribution in [2.75, 3.05) is 33.4 Å². The number of phenolic OH excluding ortho intramolecular Hbond substituents is 1. The molecular formula is C19H19Cl2NO7S. The molecule has 0 radical (unpaired) electrons. The highest BCUT2D eigenvalue weighted by Gasteiger charge is 2.31. The summed E-state index contributed by atoms with van der Waals surface area (Å²) in [6.45, 7) is 0.269. The van der Waals surface area contributed by atoms with Crippen molar-refractivity contribution in [3.05, 3.63) is 45.9 Å². The summed E-state index contributed by atoms with van der Waals surface area (Å²) in [4.78, 5) is 11.3. The summed E-state index contributed by atoms with van der Waals surface area (Å²) >= 11 is 11.8. The van der Waals surface area contributed by atoms with Gasteiger partial charge in [-0.25, -0.2) is 8.42 Å². The molecule has 0 bridgehead atoms. The SMILES string of the molecule is COC(=O)CN(CCc1ccc2c(c1)OCCO2)S(=O)(=O)c1cc(Cl)cc(Cl)c1O. The molecule has 0 unspecified atom stereocenters. The number of sulfonamides is 1. The number of ether oxygens (including phenoxy) is 3. The van der Waals surface area contributed by atoms with Crippen LogP contribution < -0.4 is 9.47 Å². The van der Waals surface area contributed by atoms with E-state index in [9.17, 15) is 18.3 Å². The number of methoxy groups -OCH3 is 1. The van der Waals surface area contributed by atoms with Gasteiger partial charge in [-0.1, -0.05) is 29.3 Å². The maximum atomic E-state index is 13.2. The molecule has 30 heavy (non-hydrogen) atoms. The zero-order valence-corrected chi connectivity index (χ0v) is 18.3. The average Bonchev–Trinajstić information content (AvgIpc) is 2.73. The van der Waals surface area contributed by atoms with Gasteiger partial charge in [-0.15, -0.1) is 0 Å². The van der Waals surface area contributed by atoms with Crippen LogP contribution >= 0.6 is 23.2 Å². The third-order valence-corrected chi connectivity index (χ3v) is 6.77. The van der Waals surface area contributed by atoms with Crippen LogP contribution in [0.15, 0.2) is 35.2 Å². The fraction of sp³-hybridized carbons (Fsp3) is 0.316. The van der Waals surface area contributed by atoms with Gasteiger partial charge in [0.25, 0.3) is 0 Å². The van der Waals surface area contributed by atoms with Gasteiger partial charge in [-0.05, 0) is 36.2 Å². The van der Waals surface area contributed by atoms with E-state index >= 15 is 0 Å². The Bertz CT molecular complexity index is 1060. The van der Waals surface area contributed by atoms with Gasteiger partial charge in [-0.2, -0.15) is 4.31 Å². The van der Waals surface area contributed by atoms with Crippen LogP contribution in [0.25, 0.3) is 0 Å². The molecule has 8 nitrogen and oxygen atoms in total. The van der Waals surface area contributed by atoms with Crippen LogP contribution in [0.4, 0.5) is 0 Å². The van der Waals surface area contributed by atoms with Crippen molar-refractivity contribution in [3.8, 4) is 17.2 Å². The van der Waals surface area contributed by atoms with Crippen LogP contribution in [-0.2, 0) is 26.0 Å². The molecule has 11 heteroatoms. The van der Waals surface area contributed by atoms with Crippen molar-refractivity contribution in [2.24, 2.45) is 0 Å². The molecule has 1 aliphatic heterocycles. The Labute approximate surface area is 183 Å². The Balaban J connectivity index is 1.88. The molecule has 2 aromatic carbocycles. The molecule has 1 aliphatic rings. The topological polar surface area (TPSA) is 102 Å².